The van der Waals surface area contributed by atoms with Gasteiger partial charge in [-0.2, -0.15) is 0 Å². The van der Waals surface area contributed by atoms with Gasteiger partial charge in [0.05, 0.1) is 13.2 Å². The first-order valence-corrected chi connectivity index (χ1v) is 22.8. The third-order valence-electron chi connectivity index (χ3n) is 9.14. The number of phosphoric acid groups is 1. The fourth-order valence-corrected chi connectivity index (χ4v) is 6.72. The van der Waals surface area contributed by atoms with Gasteiger partial charge in [0.1, 0.15) is 6.61 Å². The Hall–Kier alpha value is -2.04. The number of carboxylic acid groups (broad SMARTS) is 1. The van der Waals surface area contributed by atoms with Gasteiger partial charge in [0, 0.05) is 12.8 Å². The molecule has 0 spiro atoms. The Kier molecular flexibility index (Phi) is 36.4. The number of aliphatic hydroxyl groups is 1. The van der Waals surface area contributed by atoms with Gasteiger partial charge >= 0.3 is 25.7 Å². The summed E-state index contributed by atoms with van der Waals surface area (Å²) in [6.07, 6.45) is 35.7. The van der Waals surface area contributed by atoms with Crippen LogP contribution in [-0.4, -0.2) is 65.0 Å². The fraction of sp³-hybridized carbons (Fsp3) is 0.833. The van der Waals surface area contributed by atoms with Gasteiger partial charge in [-0.3, -0.25) is 18.6 Å². The summed E-state index contributed by atoms with van der Waals surface area (Å²) in [5.41, 5.74) is 0. The number of ether oxygens (including phenoxy) is 2. The van der Waals surface area contributed by atoms with E-state index in [0.29, 0.717) is 12.8 Å². The summed E-state index contributed by atoms with van der Waals surface area (Å²) in [6.45, 7) is 2.34. The van der Waals surface area contributed by atoms with E-state index in [9.17, 15) is 23.8 Å². The van der Waals surface area contributed by atoms with Crippen molar-refractivity contribution in [1.29, 1.82) is 0 Å². The van der Waals surface area contributed by atoms with Crippen LogP contribution in [0.5, 0.6) is 0 Å². The highest BCUT2D eigenvalue weighted by molar-refractivity contribution is 7.47. The molecule has 0 bridgehead atoms. The van der Waals surface area contributed by atoms with Crippen LogP contribution in [0.4, 0.5) is 0 Å². The van der Waals surface area contributed by atoms with E-state index in [1.807, 2.05) is 0 Å². The topological polar surface area (TPSA) is 166 Å². The lowest BCUT2D eigenvalue weighted by Crippen LogP contribution is -2.31. The average Bonchev–Trinajstić information content (AvgIpc) is 3.14. The van der Waals surface area contributed by atoms with Crippen molar-refractivity contribution in [3.05, 3.63) is 24.3 Å². The van der Waals surface area contributed by atoms with Gasteiger partial charge in [-0.25, -0.2) is 9.36 Å². The molecule has 0 saturated heterocycles. The molecular formula is C42H77O11P. The first-order valence-electron chi connectivity index (χ1n) is 21.3. The molecule has 0 aliphatic heterocycles. The van der Waals surface area contributed by atoms with E-state index in [1.54, 1.807) is 0 Å². The SMILES string of the molecule is CCCCCCCC/C=C\CCCCCCCC(=O)OC[C@H](COP(=O)(O)OC(CO)C(=O)O)OC(=O)CCCCCCC/C=C\CCCCCCCC. The molecule has 0 aromatic heterocycles. The number of aliphatic hydroxyl groups excluding tert-OH is 1. The molecule has 3 atom stereocenters. The molecule has 11 nitrogen and oxygen atoms in total. The van der Waals surface area contributed by atoms with Gasteiger partial charge in [-0.05, 0) is 64.2 Å². The number of carbonyl (C=O) groups excluding carboxylic acids is 2. The minimum atomic E-state index is -4.95. The molecule has 2 unspecified atom stereocenters. The Morgan fingerprint density at radius 3 is 1.37 bits per heavy atom. The molecule has 54 heavy (non-hydrogen) atoms. The van der Waals surface area contributed by atoms with E-state index in [4.69, 9.17) is 24.2 Å². The number of aliphatic carboxylic acids is 1. The van der Waals surface area contributed by atoms with Gasteiger partial charge in [-0.1, -0.05) is 141 Å². The first-order chi connectivity index (χ1) is 26.1. The second kappa shape index (κ2) is 37.9. The summed E-state index contributed by atoms with van der Waals surface area (Å²) in [4.78, 5) is 46.1. The first kappa shape index (κ1) is 52.0. The third kappa shape index (κ3) is 35.6. The monoisotopic (exact) mass is 789 g/mol. The lowest BCUT2D eigenvalue weighted by Gasteiger charge is -2.21. The lowest BCUT2D eigenvalue weighted by atomic mass is 10.1. The van der Waals surface area contributed by atoms with Crippen molar-refractivity contribution in [2.24, 2.45) is 0 Å². The largest absolute Gasteiger partial charge is 0.479 e. The molecule has 0 aliphatic carbocycles. The minimum Gasteiger partial charge on any atom is -0.479 e. The zero-order chi connectivity index (χ0) is 40.0. The van der Waals surface area contributed by atoms with E-state index < -0.39 is 57.8 Å². The number of unbranched alkanes of at least 4 members (excludes halogenated alkanes) is 22. The van der Waals surface area contributed by atoms with Crippen LogP contribution in [0.1, 0.15) is 194 Å². The summed E-state index contributed by atoms with van der Waals surface area (Å²) in [5, 5.41) is 18.1. The molecule has 0 heterocycles. The van der Waals surface area contributed by atoms with Crippen LogP contribution in [0, 0.1) is 0 Å². The highest BCUT2D eigenvalue weighted by Crippen LogP contribution is 2.44. The molecule has 0 radical (unpaired) electrons. The summed E-state index contributed by atoms with van der Waals surface area (Å²) >= 11 is 0. The van der Waals surface area contributed by atoms with E-state index in [2.05, 4.69) is 42.7 Å². The van der Waals surface area contributed by atoms with E-state index in [-0.39, 0.29) is 12.8 Å². The van der Waals surface area contributed by atoms with Crippen molar-refractivity contribution in [3.8, 4) is 0 Å². The summed E-state index contributed by atoms with van der Waals surface area (Å²) in [6, 6.07) is 0. The summed E-state index contributed by atoms with van der Waals surface area (Å²) in [7, 11) is -4.95. The van der Waals surface area contributed by atoms with Crippen molar-refractivity contribution in [3.63, 3.8) is 0 Å². The highest BCUT2D eigenvalue weighted by atomic mass is 31.2. The maximum Gasteiger partial charge on any atom is 0.473 e. The number of allylic oxidation sites excluding steroid dienone is 4. The minimum absolute atomic E-state index is 0.121. The number of esters is 2. The van der Waals surface area contributed by atoms with Crippen molar-refractivity contribution < 1.29 is 52.6 Å². The van der Waals surface area contributed by atoms with Crippen LogP contribution in [0.15, 0.2) is 24.3 Å². The zero-order valence-electron chi connectivity index (χ0n) is 33.9. The van der Waals surface area contributed by atoms with Gasteiger partial charge < -0.3 is 24.6 Å². The molecule has 3 N–H and O–H groups in total. The smallest absolute Gasteiger partial charge is 0.473 e. The maximum atomic E-state index is 12.6. The number of carboxylic acids is 1. The molecule has 0 aromatic rings. The summed E-state index contributed by atoms with van der Waals surface area (Å²) in [5.74, 6) is -2.70. The predicted molar refractivity (Wildman–Crippen MR) is 215 cm³/mol. The molecule has 316 valence electrons. The summed E-state index contributed by atoms with van der Waals surface area (Å²) < 4.78 is 32.4. The Labute approximate surface area is 327 Å². The van der Waals surface area contributed by atoms with Crippen LogP contribution in [0.25, 0.3) is 0 Å². The van der Waals surface area contributed by atoms with Crippen LogP contribution in [0.2, 0.25) is 0 Å². The van der Waals surface area contributed by atoms with Crippen LogP contribution in [-0.2, 0) is 37.5 Å². The lowest BCUT2D eigenvalue weighted by molar-refractivity contribution is -0.161. The number of hydrogen-bond donors (Lipinski definition) is 3. The number of carbonyl (C=O) groups is 3. The van der Waals surface area contributed by atoms with Crippen LogP contribution >= 0.6 is 7.82 Å². The molecule has 0 aromatic carbocycles. The molecule has 0 saturated carbocycles. The van der Waals surface area contributed by atoms with E-state index in [1.165, 1.54) is 77.0 Å². The second-order valence-electron chi connectivity index (χ2n) is 14.3. The molecule has 0 fully saturated rings. The van der Waals surface area contributed by atoms with Gasteiger partial charge in [0.15, 0.2) is 12.2 Å². The molecule has 0 rings (SSSR count). The van der Waals surface area contributed by atoms with Gasteiger partial charge in [0.2, 0.25) is 0 Å². The molecule has 0 aliphatic rings. The highest BCUT2D eigenvalue weighted by Gasteiger charge is 2.32. The molecular weight excluding hydrogens is 711 g/mol. The third-order valence-corrected chi connectivity index (χ3v) is 10.1. The quantitative estimate of drug-likeness (QED) is 0.0234. The number of rotatable bonds is 40. The second-order valence-corrected chi connectivity index (χ2v) is 15.7. The number of phosphoric ester groups is 1. The fourth-order valence-electron chi connectivity index (χ4n) is 5.82. The van der Waals surface area contributed by atoms with Crippen molar-refractivity contribution in [1.82, 2.24) is 0 Å². The molecule has 0 amide bonds. The Bertz CT molecular complexity index is 1020. The molecule has 12 heteroatoms. The van der Waals surface area contributed by atoms with Gasteiger partial charge in [0.25, 0.3) is 0 Å². The average molecular weight is 789 g/mol. The standard InChI is InChI=1S/C42H77O11P/c1-3-5-7-9-11-13-15-17-19-21-23-25-27-29-31-33-40(44)50-36-38(37-51-54(48,49)53-39(35-43)42(46)47)52-41(45)34-32-30-28-26-24-22-20-18-16-14-12-10-8-6-4-2/h17-20,38-39,43H,3-16,21-37H2,1-2H3,(H,46,47)(H,48,49)/b19-17-,20-18-/t38-,39?/m1/s1. The van der Waals surface area contributed by atoms with E-state index >= 15 is 0 Å². The Morgan fingerprint density at radius 2 is 0.963 bits per heavy atom. The number of hydrogen-bond acceptors (Lipinski definition) is 9. The Balaban J connectivity index is 4.43. The zero-order valence-corrected chi connectivity index (χ0v) is 34.8. The van der Waals surface area contributed by atoms with Crippen molar-refractivity contribution in [2.75, 3.05) is 19.8 Å². The predicted octanol–water partition coefficient (Wildman–Crippen LogP) is 11.1. The maximum absolute atomic E-state index is 12.6. The van der Waals surface area contributed by atoms with E-state index in [0.717, 1.165) is 77.0 Å². The van der Waals surface area contributed by atoms with Crippen LogP contribution < -0.4 is 0 Å². The normalized spacial score (nSPS) is 14.0. The van der Waals surface area contributed by atoms with Gasteiger partial charge in [-0.15, -0.1) is 0 Å². The van der Waals surface area contributed by atoms with Crippen molar-refractivity contribution in [2.45, 2.75) is 206 Å². The van der Waals surface area contributed by atoms with Crippen LogP contribution in [0.3, 0.4) is 0 Å². The van der Waals surface area contributed by atoms with Crippen molar-refractivity contribution >= 4 is 25.7 Å². The Morgan fingerprint density at radius 1 is 0.574 bits per heavy atom.